The number of piperidine rings is 1. The van der Waals surface area contributed by atoms with E-state index >= 15 is 0 Å². The minimum absolute atomic E-state index is 0.0739. The van der Waals surface area contributed by atoms with Gasteiger partial charge < -0.3 is 10.6 Å². The van der Waals surface area contributed by atoms with Crippen molar-refractivity contribution in [2.45, 2.75) is 38.3 Å². The molecule has 2 unspecified atom stereocenters. The van der Waals surface area contributed by atoms with Crippen molar-refractivity contribution in [3.8, 4) is 0 Å². The molecule has 2 N–H and O–H groups in total. The standard InChI is InChI=1S/C14H18Cl2N2O/c1-9-4-2-5-10(8-17)18(9)14(19)11-6-3-7-12(15)13(11)16/h3,6-7,9-10H,2,4-5,8,17H2,1H3. The van der Waals surface area contributed by atoms with Crippen molar-refractivity contribution < 1.29 is 4.79 Å². The maximum absolute atomic E-state index is 12.7. The minimum Gasteiger partial charge on any atom is -0.332 e. The van der Waals surface area contributed by atoms with E-state index in [1.54, 1.807) is 18.2 Å². The van der Waals surface area contributed by atoms with Crippen molar-refractivity contribution >= 4 is 29.1 Å². The van der Waals surface area contributed by atoms with E-state index in [0.717, 1.165) is 19.3 Å². The average molecular weight is 301 g/mol. The first-order chi connectivity index (χ1) is 9.06. The van der Waals surface area contributed by atoms with E-state index in [4.69, 9.17) is 28.9 Å². The molecule has 1 aromatic rings. The van der Waals surface area contributed by atoms with E-state index in [-0.39, 0.29) is 18.0 Å². The number of nitrogens with two attached hydrogens (primary N) is 1. The Morgan fingerprint density at radius 2 is 2.16 bits per heavy atom. The molecular formula is C14H18Cl2N2O. The van der Waals surface area contributed by atoms with E-state index in [9.17, 15) is 4.79 Å². The number of hydrogen-bond donors (Lipinski definition) is 1. The molecule has 19 heavy (non-hydrogen) atoms. The Balaban J connectivity index is 2.33. The Bertz CT molecular complexity index is 479. The SMILES string of the molecule is CC1CCCC(CN)N1C(=O)c1cccc(Cl)c1Cl. The molecule has 0 aromatic heterocycles. The zero-order chi connectivity index (χ0) is 14.0. The summed E-state index contributed by atoms with van der Waals surface area (Å²) in [7, 11) is 0. The zero-order valence-corrected chi connectivity index (χ0v) is 12.4. The Labute approximate surface area is 123 Å². The number of rotatable bonds is 2. The lowest BCUT2D eigenvalue weighted by Gasteiger charge is -2.40. The summed E-state index contributed by atoms with van der Waals surface area (Å²) >= 11 is 12.1. The second kappa shape index (κ2) is 6.12. The molecule has 1 aromatic carbocycles. The molecule has 0 saturated carbocycles. The van der Waals surface area contributed by atoms with Crippen LogP contribution in [0.4, 0.5) is 0 Å². The van der Waals surface area contributed by atoms with Gasteiger partial charge >= 0.3 is 0 Å². The lowest BCUT2D eigenvalue weighted by Crippen LogP contribution is -2.51. The highest BCUT2D eigenvalue weighted by Gasteiger charge is 2.32. The van der Waals surface area contributed by atoms with Crippen molar-refractivity contribution in [2.75, 3.05) is 6.54 Å². The van der Waals surface area contributed by atoms with Crippen LogP contribution >= 0.6 is 23.2 Å². The molecule has 2 rings (SSSR count). The molecule has 0 bridgehead atoms. The number of likely N-dealkylation sites (tertiary alicyclic amines) is 1. The fraction of sp³-hybridized carbons (Fsp3) is 0.500. The van der Waals surface area contributed by atoms with Crippen molar-refractivity contribution in [3.05, 3.63) is 33.8 Å². The van der Waals surface area contributed by atoms with Crippen LogP contribution in [0.1, 0.15) is 36.5 Å². The minimum atomic E-state index is -0.0739. The first-order valence-corrected chi connectivity index (χ1v) is 7.28. The molecule has 5 heteroatoms. The van der Waals surface area contributed by atoms with Crippen LogP contribution in [0.2, 0.25) is 10.0 Å². The van der Waals surface area contributed by atoms with E-state index in [0.29, 0.717) is 22.2 Å². The van der Waals surface area contributed by atoms with E-state index in [1.807, 2.05) is 4.90 Å². The fourth-order valence-electron chi connectivity index (χ4n) is 2.69. The number of nitrogens with zero attached hydrogens (tertiary/aromatic N) is 1. The van der Waals surface area contributed by atoms with Crippen LogP contribution in [0.5, 0.6) is 0 Å². The summed E-state index contributed by atoms with van der Waals surface area (Å²) in [4.78, 5) is 14.5. The molecule has 1 heterocycles. The molecule has 104 valence electrons. The molecule has 3 nitrogen and oxygen atoms in total. The molecule has 1 saturated heterocycles. The van der Waals surface area contributed by atoms with Gasteiger partial charge in [0.25, 0.3) is 5.91 Å². The van der Waals surface area contributed by atoms with E-state index in [2.05, 4.69) is 6.92 Å². The summed E-state index contributed by atoms with van der Waals surface area (Å²) in [5.74, 6) is -0.0739. The highest BCUT2D eigenvalue weighted by molar-refractivity contribution is 6.43. The van der Waals surface area contributed by atoms with Gasteiger partial charge in [-0.2, -0.15) is 0 Å². The van der Waals surface area contributed by atoms with Crippen LogP contribution in [0.3, 0.4) is 0 Å². The van der Waals surface area contributed by atoms with Crippen molar-refractivity contribution in [1.82, 2.24) is 4.90 Å². The van der Waals surface area contributed by atoms with Gasteiger partial charge in [-0.1, -0.05) is 29.3 Å². The van der Waals surface area contributed by atoms with Crippen LogP contribution in [-0.2, 0) is 0 Å². The quantitative estimate of drug-likeness (QED) is 0.910. The Morgan fingerprint density at radius 3 is 2.84 bits per heavy atom. The van der Waals surface area contributed by atoms with Gasteiger partial charge in [-0.05, 0) is 38.3 Å². The Kier molecular flexibility index (Phi) is 4.71. The lowest BCUT2D eigenvalue weighted by molar-refractivity contribution is 0.0494. The summed E-state index contributed by atoms with van der Waals surface area (Å²) in [5, 5.41) is 0.726. The summed E-state index contributed by atoms with van der Waals surface area (Å²) in [6.07, 6.45) is 3.06. The van der Waals surface area contributed by atoms with Crippen LogP contribution in [-0.4, -0.2) is 29.4 Å². The second-order valence-corrected chi connectivity index (χ2v) is 5.77. The molecular weight excluding hydrogens is 283 g/mol. The molecule has 0 radical (unpaired) electrons. The summed E-state index contributed by atoms with van der Waals surface area (Å²) in [5.41, 5.74) is 6.25. The average Bonchev–Trinajstić information content (AvgIpc) is 2.40. The molecule has 1 aliphatic heterocycles. The van der Waals surface area contributed by atoms with Gasteiger partial charge in [0, 0.05) is 18.6 Å². The fourth-order valence-corrected chi connectivity index (χ4v) is 3.07. The van der Waals surface area contributed by atoms with Gasteiger partial charge in [0.2, 0.25) is 0 Å². The highest BCUT2D eigenvalue weighted by Crippen LogP contribution is 2.30. The molecule has 0 spiro atoms. The Hall–Kier alpha value is -0.770. The van der Waals surface area contributed by atoms with Gasteiger partial charge in [-0.3, -0.25) is 4.79 Å². The number of carbonyl (C=O) groups is 1. The Morgan fingerprint density at radius 1 is 1.42 bits per heavy atom. The number of amides is 1. The zero-order valence-electron chi connectivity index (χ0n) is 10.9. The summed E-state index contributed by atoms with van der Waals surface area (Å²) < 4.78 is 0. The third kappa shape index (κ3) is 2.88. The van der Waals surface area contributed by atoms with Gasteiger partial charge in [-0.25, -0.2) is 0 Å². The van der Waals surface area contributed by atoms with Crippen LogP contribution in [0.25, 0.3) is 0 Å². The van der Waals surface area contributed by atoms with Crippen molar-refractivity contribution in [2.24, 2.45) is 5.73 Å². The first kappa shape index (κ1) is 14.6. The maximum atomic E-state index is 12.7. The third-order valence-electron chi connectivity index (χ3n) is 3.72. The third-order valence-corrected chi connectivity index (χ3v) is 4.53. The predicted octanol–water partition coefficient (Wildman–Crippen LogP) is 3.34. The topological polar surface area (TPSA) is 46.3 Å². The lowest BCUT2D eigenvalue weighted by atomic mass is 9.95. The normalized spacial score (nSPS) is 23.5. The molecule has 2 atom stereocenters. The summed E-state index contributed by atoms with van der Waals surface area (Å²) in [6, 6.07) is 5.41. The number of benzene rings is 1. The largest absolute Gasteiger partial charge is 0.332 e. The van der Waals surface area contributed by atoms with Crippen molar-refractivity contribution in [3.63, 3.8) is 0 Å². The van der Waals surface area contributed by atoms with Gasteiger partial charge in [0.1, 0.15) is 0 Å². The smallest absolute Gasteiger partial charge is 0.255 e. The monoisotopic (exact) mass is 300 g/mol. The van der Waals surface area contributed by atoms with Crippen LogP contribution in [0.15, 0.2) is 18.2 Å². The number of carbonyl (C=O) groups excluding carboxylic acids is 1. The second-order valence-electron chi connectivity index (χ2n) is 4.98. The van der Waals surface area contributed by atoms with Crippen LogP contribution in [0, 0.1) is 0 Å². The first-order valence-electron chi connectivity index (χ1n) is 6.53. The molecule has 1 fully saturated rings. The van der Waals surface area contributed by atoms with E-state index in [1.165, 1.54) is 0 Å². The number of hydrogen-bond acceptors (Lipinski definition) is 2. The maximum Gasteiger partial charge on any atom is 0.255 e. The van der Waals surface area contributed by atoms with Crippen LogP contribution < -0.4 is 5.73 Å². The predicted molar refractivity (Wildman–Crippen MR) is 78.8 cm³/mol. The van der Waals surface area contributed by atoms with Crippen molar-refractivity contribution in [1.29, 1.82) is 0 Å². The molecule has 1 aliphatic rings. The molecule has 1 amide bonds. The van der Waals surface area contributed by atoms with Gasteiger partial charge in [-0.15, -0.1) is 0 Å². The highest BCUT2D eigenvalue weighted by atomic mass is 35.5. The van der Waals surface area contributed by atoms with Gasteiger partial charge in [0.05, 0.1) is 15.6 Å². The van der Waals surface area contributed by atoms with Gasteiger partial charge in [0.15, 0.2) is 0 Å². The summed E-state index contributed by atoms with van der Waals surface area (Å²) in [6.45, 7) is 2.53. The number of halogens is 2. The van der Waals surface area contributed by atoms with E-state index < -0.39 is 0 Å². The molecule has 0 aliphatic carbocycles.